The van der Waals surface area contributed by atoms with Crippen molar-refractivity contribution in [1.82, 2.24) is 5.43 Å². The Hall–Kier alpha value is -5.51. The summed E-state index contributed by atoms with van der Waals surface area (Å²) in [6.07, 6.45) is 6.12. The van der Waals surface area contributed by atoms with Crippen LogP contribution in [0.2, 0.25) is 0 Å². The Morgan fingerprint density at radius 2 is 1.19 bits per heavy atom. The van der Waals surface area contributed by atoms with Crippen molar-refractivity contribution in [3.63, 3.8) is 0 Å². The van der Waals surface area contributed by atoms with Gasteiger partial charge in [0.2, 0.25) is 0 Å². The fourth-order valence-electron chi connectivity index (χ4n) is 5.44. The van der Waals surface area contributed by atoms with Gasteiger partial charge in [-0.2, -0.15) is 0 Å². The normalized spacial score (nSPS) is 11.5. The van der Waals surface area contributed by atoms with Crippen molar-refractivity contribution in [1.29, 1.82) is 0 Å². The summed E-state index contributed by atoms with van der Waals surface area (Å²) in [5.41, 5.74) is 13.3. The second kappa shape index (κ2) is 13.0. The standard InChI is InChI=1S/C40H33N3/c1-2-34(43-41)24-23-33-27-37(29-15-7-3-8-16-29)36-26-25-35(28-38(36)39(33)30-17-9-4-10-18-30)42-40(31-19-11-5-12-20-31)32-21-13-6-14-22-32/h2-28,43H,41H2,1H3/b24-23-,34-2+. The molecule has 6 rings (SSSR count). The van der Waals surface area contributed by atoms with Crippen LogP contribution in [0.3, 0.4) is 0 Å². The first-order chi connectivity index (χ1) is 21.2. The summed E-state index contributed by atoms with van der Waals surface area (Å²) in [4.78, 5) is 5.28. The van der Waals surface area contributed by atoms with Gasteiger partial charge in [-0.25, -0.2) is 4.99 Å². The molecule has 208 valence electrons. The van der Waals surface area contributed by atoms with Gasteiger partial charge >= 0.3 is 0 Å². The monoisotopic (exact) mass is 555 g/mol. The largest absolute Gasteiger partial charge is 0.324 e. The molecule has 0 amide bonds. The van der Waals surface area contributed by atoms with Crippen LogP contribution < -0.4 is 11.3 Å². The molecule has 0 aliphatic heterocycles. The minimum absolute atomic E-state index is 0.842. The van der Waals surface area contributed by atoms with Gasteiger partial charge in [0, 0.05) is 16.8 Å². The van der Waals surface area contributed by atoms with Crippen LogP contribution in [0, 0.1) is 0 Å². The molecule has 0 radical (unpaired) electrons. The maximum Gasteiger partial charge on any atom is 0.0781 e. The van der Waals surface area contributed by atoms with Crippen LogP contribution in [-0.4, -0.2) is 5.71 Å². The summed E-state index contributed by atoms with van der Waals surface area (Å²) < 4.78 is 0. The van der Waals surface area contributed by atoms with Crippen LogP contribution >= 0.6 is 0 Å². The lowest BCUT2D eigenvalue weighted by molar-refractivity contribution is 0.914. The molecule has 0 aliphatic carbocycles. The van der Waals surface area contributed by atoms with Gasteiger partial charge in [0.05, 0.1) is 11.4 Å². The van der Waals surface area contributed by atoms with E-state index in [0.29, 0.717) is 0 Å². The molecule has 0 spiro atoms. The fourth-order valence-corrected chi connectivity index (χ4v) is 5.44. The molecule has 0 bridgehead atoms. The molecule has 0 aliphatic rings. The van der Waals surface area contributed by atoms with Crippen molar-refractivity contribution in [2.75, 3.05) is 0 Å². The second-order valence-electron chi connectivity index (χ2n) is 10.3. The lowest BCUT2D eigenvalue weighted by Gasteiger charge is -2.17. The molecule has 6 aromatic rings. The molecule has 0 heterocycles. The van der Waals surface area contributed by atoms with Crippen molar-refractivity contribution in [2.24, 2.45) is 10.8 Å². The van der Waals surface area contributed by atoms with Gasteiger partial charge < -0.3 is 5.43 Å². The molecule has 3 heteroatoms. The summed E-state index contributed by atoms with van der Waals surface area (Å²) in [5.74, 6) is 5.79. The highest BCUT2D eigenvalue weighted by Crippen LogP contribution is 2.41. The Bertz CT molecular complexity index is 1880. The number of aliphatic imine (C=N–C) groups is 1. The molecule has 3 N–H and O–H groups in total. The maximum atomic E-state index is 5.79. The quantitative estimate of drug-likeness (QED) is 0.0850. The number of fused-ring (bicyclic) bond motifs is 1. The Morgan fingerprint density at radius 3 is 1.74 bits per heavy atom. The number of rotatable bonds is 8. The number of nitrogens with two attached hydrogens (primary N) is 1. The van der Waals surface area contributed by atoms with E-state index in [1.807, 2.05) is 31.2 Å². The molecule has 0 unspecified atom stereocenters. The molecule has 3 nitrogen and oxygen atoms in total. The number of benzene rings is 6. The number of hydrogen-bond donors (Lipinski definition) is 2. The average molecular weight is 556 g/mol. The van der Waals surface area contributed by atoms with Crippen LogP contribution in [0.4, 0.5) is 5.69 Å². The molecule has 0 atom stereocenters. The number of nitrogens with one attached hydrogen (secondary N) is 1. The Kier molecular flexibility index (Phi) is 8.35. The van der Waals surface area contributed by atoms with Gasteiger partial charge in [0.25, 0.3) is 0 Å². The average Bonchev–Trinajstić information content (AvgIpc) is 3.08. The molecular weight excluding hydrogens is 522 g/mol. The number of allylic oxidation sites excluding steroid dienone is 2. The number of hydrogen-bond acceptors (Lipinski definition) is 3. The fraction of sp³-hybridized carbons (Fsp3) is 0.0250. The summed E-state index contributed by atoms with van der Waals surface area (Å²) in [6, 6.07) is 50.7. The first-order valence-electron chi connectivity index (χ1n) is 14.5. The third-order valence-corrected chi connectivity index (χ3v) is 7.55. The zero-order valence-electron chi connectivity index (χ0n) is 24.1. The van der Waals surface area contributed by atoms with Crippen molar-refractivity contribution >= 4 is 28.2 Å². The van der Waals surface area contributed by atoms with Crippen molar-refractivity contribution in [3.05, 3.63) is 180 Å². The zero-order valence-corrected chi connectivity index (χ0v) is 24.1. The summed E-state index contributed by atoms with van der Waals surface area (Å²) in [5, 5.41) is 2.31. The van der Waals surface area contributed by atoms with Gasteiger partial charge in [-0.15, -0.1) is 0 Å². The van der Waals surface area contributed by atoms with Crippen LogP contribution in [0.25, 0.3) is 39.1 Å². The van der Waals surface area contributed by atoms with Crippen molar-refractivity contribution in [2.45, 2.75) is 6.92 Å². The molecule has 6 aromatic carbocycles. The van der Waals surface area contributed by atoms with Gasteiger partial charge in [0.15, 0.2) is 0 Å². The molecular formula is C40H33N3. The Morgan fingerprint density at radius 1 is 0.628 bits per heavy atom. The Balaban J connectivity index is 1.66. The summed E-state index contributed by atoms with van der Waals surface area (Å²) in [6.45, 7) is 1.97. The van der Waals surface area contributed by atoms with E-state index in [-0.39, 0.29) is 0 Å². The van der Waals surface area contributed by atoms with Gasteiger partial charge in [0.1, 0.15) is 0 Å². The zero-order chi connectivity index (χ0) is 29.4. The predicted octanol–water partition coefficient (Wildman–Crippen LogP) is 9.72. The van der Waals surface area contributed by atoms with E-state index in [2.05, 4.69) is 145 Å². The van der Waals surface area contributed by atoms with E-state index >= 15 is 0 Å². The first-order valence-corrected chi connectivity index (χ1v) is 14.5. The smallest absolute Gasteiger partial charge is 0.0781 e. The lowest BCUT2D eigenvalue weighted by Crippen LogP contribution is -2.19. The highest BCUT2D eigenvalue weighted by molar-refractivity contribution is 6.15. The Labute approximate surface area is 253 Å². The van der Waals surface area contributed by atoms with Gasteiger partial charge in [-0.05, 0) is 69.8 Å². The SMILES string of the molecule is C/C=C(\C=C/c1cc(-c2ccccc2)c2ccc(N=C(c3ccccc3)c3ccccc3)cc2c1-c1ccccc1)NN. The van der Waals surface area contributed by atoms with Crippen LogP contribution in [0.1, 0.15) is 23.6 Å². The molecule has 43 heavy (non-hydrogen) atoms. The molecule has 0 saturated heterocycles. The number of nitrogens with zero attached hydrogens (tertiary/aromatic N) is 1. The molecule has 0 aromatic heterocycles. The third kappa shape index (κ3) is 6.08. The van der Waals surface area contributed by atoms with Crippen LogP contribution in [-0.2, 0) is 0 Å². The van der Waals surface area contributed by atoms with E-state index in [9.17, 15) is 0 Å². The van der Waals surface area contributed by atoms with E-state index < -0.39 is 0 Å². The van der Waals surface area contributed by atoms with Gasteiger partial charge in [-0.1, -0.05) is 140 Å². The van der Waals surface area contributed by atoms with Crippen molar-refractivity contribution in [3.8, 4) is 22.3 Å². The van der Waals surface area contributed by atoms with E-state index in [1.54, 1.807) is 0 Å². The minimum Gasteiger partial charge on any atom is -0.324 e. The minimum atomic E-state index is 0.842. The number of hydrazine groups is 1. The van der Waals surface area contributed by atoms with Crippen LogP contribution in [0.5, 0.6) is 0 Å². The second-order valence-corrected chi connectivity index (χ2v) is 10.3. The summed E-state index contributed by atoms with van der Waals surface area (Å²) >= 11 is 0. The highest BCUT2D eigenvalue weighted by Gasteiger charge is 2.15. The molecule has 0 fully saturated rings. The van der Waals surface area contributed by atoms with E-state index in [1.165, 1.54) is 10.9 Å². The topological polar surface area (TPSA) is 50.4 Å². The first kappa shape index (κ1) is 27.6. The maximum absolute atomic E-state index is 5.79. The van der Waals surface area contributed by atoms with Gasteiger partial charge in [-0.3, -0.25) is 5.84 Å². The molecule has 0 saturated carbocycles. The summed E-state index contributed by atoms with van der Waals surface area (Å²) in [7, 11) is 0. The highest BCUT2D eigenvalue weighted by atomic mass is 15.2. The van der Waals surface area contributed by atoms with E-state index in [4.69, 9.17) is 10.8 Å². The van der Waals surface area contributed by atoms with E-state index in [0.717, 1.165) is 55.9 Å². The lowest BCUT2D eigenvalue weighted by atomic mass is 9.87. The third-order valence-electron chi connectivity index (χ3n) is 7.55. The predicted molar refractivity (Wildman–Crippen MR) is 183 cm³/mol. The van der Waals surface area contributed by atoms with Crippen molar-refractivity contribution < 1.29 is 0 Å². The van der Waals surface area contributed by atoms with Crippen LogP contribution in [0.15, 0.2) is 168 Å².